The van der Waals surface area contributed by atoms with Gasteiger partial charge in [0, 0.05) is 16.6 Å². The van der Waals surface area contributed by atoms with E-state index in [1.807, 2.05) is 24.3 Å². The highest BCUT2D eigenvalue weighted by Crippen LogP contribution is 2.31. The van der Waals surface area contributed by atoms with E-state index in [1.165, 1.54) is 5.56 Å². The predicted octanol–water partition coefficient (Wildman–Crippen LogP) is 4.39. The summed E-state index contributed by atoms with van der Waals surface area (Å²) >= 11 is 9.49. The summed E-state index contributed by atoms with van der Waals surface area (Å²) in [5.74, 6) is 0.947. The molecular formula is C16H12BrClN2O. The summed E-state index contributed by atoms with van der Waals surface area (Å²) in [6, 6.07) is 13.4. The van der Waals surface area contributed by atoms with Gasteiger partial charge in [-0.25, -0.2) is 0 Å². The zero-order valence-electron chi connectivity index (χ0n) is 11.1. The third-order valence-corrected chi connectivity index (χ3v) is 4.19. The molecule has 1 N–H and O–H groups in total. The van der Waals surface area contributed by atoms with E-state index in [-0.39, 0.29) is 6.10 Å². The van der Waals surface area contributed by atoms with E-state index in [0.717, 1.165) is 22.3 Å². The molecule has 1 unspecified atom stereocenters. The molecule has 0 fully saturated rings. The highest BCUT2D eigenvalue weighted by atomic mass is 79.9. The summed E-state index contributed by atoms with van der Waals surface area (Å²) in [5, 5.41) is 12.6. The number of halogens is 2. The molecule has 0 saturated carbocycles. The molecule has 0 radical (unpaired) electrons. The van der Waals surface area contributed by atoms with Crippen molar-refractivity contribution in [3.05, 3.63) is 57.0 Å². The van der Waals surface area contributed by atoms with Crippen molar-refractivity contribution < 1.29 is 4.74 Å². The third-order valence-electron chi connectivity index (χ3n) is 3.39. The second-order valence-electron chi connectivity index (χ2n) is 4.88. The summed E-state index contributed by atoms with van der Waals surface area (Å²) in [5.41, 5.74) is 2.59. The molecule has 1 aliphatic heterocycles. The topological polar surface area (TPSA) is 45.0 Å². The van der Waals surface area contributed by atoms with Gasteiger partial charge in [-0.05, 0) is 42.0 Å². The first kappa shape index (κ1) is 14.2. The fourth-order valence-electron chi connectivity index (χ4n) is 2.35. The lowest BCUT2D eigenvalue weighted by atomic mass is 10.1. The molecule has 1 heterocycles. The van der Waals surface area contributed by atoms with E-state index < -0.39 is 0 Å². The maximum absolute atomic E-state index is 8.86. The number of anilines is 1. The van der Waals surface area contributed by atoms with Gasteiger partial charge >= 0.3 is 0 Å². The maximum atomic E-state index is 8.86. The van der Waals surface area contributed by atoms with Gasteiger partial charge in [-0.2, -0.15) is 5.26 Å². The molecule has 2 aromatic carbocycles. The fourth-order valence-corrected chi connectivity index (χ4v) is 2.98. The van der Waals surface area contributed by atoms with E-state index in [1.54, 1.807) is 12.1 Å². The van der Waals surface area contributed by atoms with Crippen molar-refractivity contribution in [2.45, 2.75) is 12.5 Å². The minimum atomic E-state index is 0.101. The third kappa shape index (κ3) is 3.15. The van der Waals surface area contributed by atoms with Crippen LogP contribution in [0.5, 0.6) is 5.75 Å². The van der Waals surface area contributed by atoms with E-state index >= 15 is 0 Å². The molecule has 0 bridgehead atoms. The van der Waals surface area contributed by atoms with Crippen LogP contribution in [-0.2, 0) is 6.42 Å². The predicted molar refractivity (Wildman–Crippen MR) is 86.9 cm³/mol. The smallest absolute Gasteiger partial charge is 0.123 e. The Kier molecular flexibility index (Phi) is 4.05. The minimum Gasteiger partial charge on any atom is -0.488 e. The van der Waals surface area contributed by atoms with E-state index in [4.69, 9.17) is 21.6 Å². The molecule has 3 nitrogen and oxygen atoms in total. The van der Waals surface area contributed by atoms with E-state index in [0.29, 0.717) is 17.1 Å². The molecule has 0 amide bonds. The minimum absolute atomic E-state index is 0.101. The summed E-state index contributed by atoms with van der Waals surface area (Å²) < 4.78 is 6.96. The lowest BCUT2D eigenvalue weighted by Gasteiger charge is -2.13. The zero-order chi connectivity index (χ0) is 14.8. The first-order valence-corrected chi connectivity index (χ1v) is 7.71. The second-order valence-corrected chi connectivity index (χ2v) is 6.21. The normalized spacial score (nSPS) is 16.0. The average molecular weight is 364 g/mol. The monoisotopic (exact) mass is 362 g/mol. The molecular weight excluding hydrogens is 352 g/mol. The first-order valence-electron chi connectivity index (χ1n) is 6.54. The van der Waals surface area contributed by atoms with E-state index in [9.17, 15) is 0 Å². The Morgan fingerprint density at radius 2 is 2.19 bits per heavy atom. The lowest BCUT2D eigenvalue weighted by Crippen LogP contribution is -2.23. The number of nitrogens with zero attached hydrogens (tertiary/aromatic N) is 1. The number of ether oxygens (including phenoxy) is 1. The Hall–Kier alpha value is -1.70. The highest BCUT2D eigenvalue weighted by molar-refractivity contribution is 9.10. The molecule has 1 aliphatic rings. The number of hydrogen-bond acceptors (Lipinski definition) is 3. The summed E-state index contributed by atoms with van der Waals surface area (Å²) in [6.07, 6.45) is 0.981. The van der Waals surface area contributed by atoms with Crippen molar-refractivity contribution >= 4 is 33.2 Å². The standard InChI is InChI=1S/C16H12BrClN2O/c17-12-2-4-16-11(5-12)6-14(21-16)9-20-13-3-1-10(8-19)15(18)7-13/h1-5,7,14,20H,6,9H2. The van der Waals surface area contributed by atoms with Gasteiger partial charge in [0.1, 0.15) is 17.9 Å². The van der Waals surface area contributed by atoms with Crippen LogP contribution in [0.15, 0.2) is 40.9 Å². The lowest BCUT2D eigenvalue weighted by molar-refractivity contribution is 0.246. The quantitative estimate of drug-likeness (QED) is 0.879. The molecule has 0 aromatic heterocycles. The van der Waals surface area contributed by atoms with Crippen molar-refractivity contribution in [2.24, 2.45) is 0 Å². The van der Waals surface area contributed by atoms with Crippen LogP contribution in [0.2, 0.25) is 5.02 Å². The first-order chi connectivity index (χ1) is 10.2. The van der Waals surface area contributed by atoms with Gasteiger partial charge in [-0.3, -0.25) is 0 Å². The van der Waals surface area contributed by atoms with Crippen molar-refractivity contribution in [1.29, 1.82) is 5.26 Å². The van der Waals surface area contributed by atoms with Crippen LogP contribution in [0.25, 0.3) is 0 Å². The van der Waals surface area contributed by atoms with Crippen LogP contribution in [0, 0.1) is 11.3 Å². The number of rotatable bonds is 3. The summed E-state index contributed by atoms with van der Waals surface area (Å²) in [7, 11) is 0. The van der Waals surface area contributed by atoms with Crippen LogP contribution >= 0.6 is 27.5 Å². The molecule has 2 aromatic rings. The summed E-state index contributed by atoms with van der Waals surface area (Å²) in [6.45, 7) is 0.689. The van der Waals surface area contributed by atoms with Crippen molar-refractivity contribution in [3.63, 3.8) is 0 Å². The SMILES string of the molecule is N#Cc1ccc(NCC2Cc3cc(Br)ccc3O2)cc1Cl. The number of nitriles is 1. The molecule has 106 valence electrons. The molecule has 0 saturated heterocycles. The van der Waals surface area contributed by atoms with Gasteiger partial charge in [-0.15, -0.1) is 0 Å². The van der Waals surface area contributed by atoms with Crippen molar-refractivity contribution in [3.8, 4) is 11.8 Å². The number of nitrogens with one attached hydrogen (secondary N) is 1. The Bertz CT molecular complexity index is 727. The molecule has 3 rings (SSSR count). The van der Waals surface area contributed by atoms with E-state index in [2.05, 4.69) is 27.3 Å². The zero-order valence-corrected chi connectivity index (χ0v) is 13.4. The van der Waals surface area contributed by atoms with Gasteiger partial charge < -0.3 is 10.1 Å². The molecule has 0 spiro atoms. The van der Waals surface area contributed by atoms with Crippen molar-refractivity contribution in [1.82, 2.24) is 0 Å². The van der Waals surface area contributed by atoms with Gasteiger partial charge in [-0.1, -0.05) is 27.5 Å². The van der Waals surface area contributed by atoms with Gasteiger partial charge in [0.25, 0.3) is 0 Å². The van der Waals surface area contributed by atoms with Crippen molar-refractivity contribution in [2.75, 3.05) is 11.9 Å². The van der Waals surface area contributed by atoms with Crippen LogP contribution in [0.1, 0.15) is 11.1 Å². The van der Waals surface area contributed by atoms with Crippen LogP contribution in [0.4, 0.5) is 5.69 Å². The Morgan fingerprint density at radius 3 is 2.95 bits per heavy atom. The number of hydrogen-bond donors (Lipinski definition) is 1. The van der Waals surface area contributed by atoms with Gasteiger partial charge in [0.05, 0.1) is 17.1 Å². The van der Waals surface area contributed by atoms with Gasteiger partial charge in [0.15, 0.2) is 0 Å². The largest absolute Gasteiger partial charge is 0.488 e. The highest BCUT2D eigenvalue weighted by Gasteiger charge is 2.22. The Morgan fingerprint density at radius 1 is 1.33 bits per heavy atom. The van der Waals surface area contributed by atoms with Crippen LogP contribution in [0.3, 0.4) is 0 Å². The molecule has 1 atom stereocenters. The molecule has 5 heteroatoms. The fraction of sp³-hybridized carbons (Fsp3) is 0.188. The second kappa shape index (κ2) is 5.97. The average Bonchev–Trinajstić information content (AvgIpc) is 2.87. The number of fused-ring (bicyclic) bond motifs is 1. The van der Waals surface area contributed by atoms with Gasteiger partial charge in [0.2, 0.25) is 0 Å². The number of benzene rings is 2. The Labute approximate surface area is 136 Å². The maximum Gasteiger partial charge on any atom is 0.123 e. The van der Waals surface area contributed by atoms with Crippen LogP contribution in [-0.4, -0.2) is 12.6 Å². The molecule has 0 aliphatic carbocycles. The summed E-state index contributed by atoms with van der Waals surface area (Å²) in [4.78, 5) is 0. The van der Waals surface area contributed by atoms with Crippen LogP contribution < -0.4 is 10.1 Å². The Balaban J connectivity index is 1.62. The molecule has 21 heavy (non-hydrogen) atoms.